The molecule has 1 fully saturated rings. The van der Waals surface area contributed by atoms with Gasteiger partial charge in [0.15, 0.2) is 0 Å². The molecule has 0 aromatic carbocycles. The average molecular weight is 99.2 g/mol. The van der Waals surface area contributed by atoms with Crippen LogP contribution in [0.4, 0.5) is 0 Å². The van der Waals surface area contributed by atoms with Crippen LogP contribution in [-0.4, -0.2) is 5.54 Å². The van der Waals surface area contributed by atoms with E-state index in [0.29, 0.717) is 0 Å². The Hall–Kier alpha value is -0.0400. The number of rotatable bonds is 1. The summed E-state index contributed by atoms with van der Waals surface area (Å²) in [5, 5.41) is 0. The van der Waals surface area contributed by atoms with Gasteiger partial charge in [0.1, 0.15) is 0 Å². The Bertz CT molecular complexity index is 76.2. The minimum atomic E-state index is 0.217. The maximum Gasteiger partial charge on any atom is 0.0158 e. The van der Waals surface area contributed by atoms with Crippen LogP contribution in [0.2, 0.25) is 0 Å². The summed E-state index contributed by atoms with van der Waals surface area (Å²) in [5.41, 5.74) is 5.94. The quantitative estimate of drug-likeness (QED) is 0.524. The standard InChI is InChI=1S/C6H13N/c1-3-5-4-6(5,2)7/h5H,3-4,7H2,1-2H3/t5-,6-/m1/s1. The lowest BCUT2D eigenvalue weighted by atomic mass is 10.2. The SMILES string of the molecule is CC[C@@H]1C[C@@]1(C)N. The summed E-state index contributed by atoms with van der Waals surface area (Å²) in [4.78, 5) is 0. The maximum atomic E-state index is 5.72. The zero-order chi connectivity index (χ0) is 5.49. The summed E-state index contributed by atoms with van der Waals surface area (Å²) in [6.45, 7) is 4.32. The molecule has 1 saturated carbocycles. The van der Waals surface area contributed by atoms with Crippen molar-refractivity contribution in [3.05, 3.63) is 0 Å². The minimum Gasteiger partial charge on any atom is -0.325 e. The summed E-state index contributed by atoms with van der Waals surface area (Å²) >= 11 is 0. The van der Waals surface area contributed by atoms with Crippen molar-refractivity contribution in [2.24, 2.45) is 11.7 Å². The molecule has 0 spiro atoms. The molecule has 1 aliphatic carbocycles. The molecule has 0 amide bonds. The molecule has 0 saturated heterocycles. The van der Waals surface area contributed by atoms with Crippen LogP contribution in [0.3, 0.4) is 0 Å². The monoisotopic (exact) mass is 99.1 g/mol. The summed E-state index contributed by atoms with van der Waals surface area (Å²) in [7, 11) is 0. The highest BCUT2D eigenvalue weighted by Gasteiger charge is 2.44. The largest absolute Gasteiger partial charge is 0.325 e. The van der Waals surface area contributed by atoms with E-state index in [4.69, 9.17) is 5.73 Å². The van der Waals surface area contributed by atoms with Crippen LogP contribution < -0.4 is 5.73 Å². The van der Waals surface area contributed by atoms with Gasteiger partial charge in [0.05, 0.1) is 0 Å². The molecule has 0 aromatic rings. The Labute approximate surface area is 44.9 Å². The summed E-state index contributed by atoms with van der Waals surface area (Å²) < 4.78 is 0. The first-order chi connectivity index (χ1) is 3.17. The van der Waals surface area contributed by atoms with Gasteiger partial charge in [0.2, 0.25) is 0 Å². The predicted octanol–water partition coefficient (Wildman–Crippen LogP) is 1.13. The molecule has 0 aliphatic heterocycles. The fourth-order valence-corrected chi connectivity index (χ4v) is 1.08. The lowest BCUT2D eigenvalue weighted by Crippen LogP contribution is -2.18. The zero-order valence-electron chi connectivity index (χ0n) is 5.07. The van der Waals surface area contributed by atoms with Gasteiger partial charge in [-0.25, -0.2) is 0 Å². The highest BCUT2D eigenvalue weighted by atomic mass is 14.8. The van der Waals surface area contributed by atoms with Crippen molar-refractivity contribution in [1.29, 1.82) is 0 Å². The average Bonchev–Trinajstić information content (AvgIpc) is 2.13. The summed E-state index contributed by atoms with van der Waals surface area (Å²) in [5.74, 6) is 0.826. The van der Waals surface area contributed by atoms with Crippen LogP contribution >= 0.6 is 0 Å². The molecule has 42 valence electrons. The topological polar surface area (TPSA) is 26.0 Å². The first-order valence-corrected chi connectivity index (χ1v) is 2.95. The van der Waals surface area contributed by atoms with Gasteiger partial charge in [0, 0.05) is 5.54 Å². The van der Waals surface area contributed by atoms with Crippen LogP contribution in [-0.2, 0) is 0 Å². The smallest absolute Gasteiger partial charge is 0.0158 e. The Morgan fingerprint density at radius 2 is 2.29 bits per heavy atom. The summed E-state index contributed by atoms with van der Waals surface area (Å²) in [6, 6.07) is 0. The minimum absolute atomic E-state index is 0.217. The van der Waals surface area contributed by atoms with E-state index >= 15 is 0 Å². The van der Waals surface area contributed by atoms with Crippen molar-refractivity contribution in [3.8, 4) is 0 Å². The van der Waals surface area contributed by atoms with E-state index in [9.17, 15) is 0 Å². The molecular weight excluding hydrogens is 86.1 g/mol. The molecule has 1 rings (SSSR count). The molecule has 0 unspecified atom stereocenters. The third kappa shape index (κ3) is 0.778. The van der Waals surface area contributed by atoms with Crippen LogP contribution in [0.25, 0.3) is 0 Å². The van der Waals surface area contributed by atoms with Gasteiger partial charge in [-0.15, -0.1) is 0 Å². The normalized spacial score (nSPS) is 49.3. The molecule has 1 aliphatic rings. The zero-order valence-corrected chi connectivity index (χ0v) is 5.07. The van der Waals surface area contributed by atoms with Crippen LogP contribution in [0.5, 0.6) is 0 Å². The van der Waals surface area contributed by atoms with Crippen molar-refractivity contribution in [2.45, 2.75) is 32.2 Å². The van der Waals surface area contributed by atoms with E-state index in [2.05, 4.69) is 13.8 Å². The number of hydrogen-bond acceptors (Lipinski definition) is 1. The fourth-order valence-electron chi connectivity index (χ4n) is 1.08. The second-order valence-electron chi connectivity index (χ2n) is 2.82. The lowest BCUT2D eigenvalue weighted by Gasteiger charge is -1.96. The van der Waals surface area contributed by atoms with E-state index in [1.54, 1.807) is 0 Å². The van der Waals surface area contributed by atoms with Gasteiger partial charge in [-0.05, 0) is 19.3 Å². The molecule has 1 nitrogen and oxygen atoms in total. The summed E-state index contributed by atoms with van der Waals surface area (Å²) in [6.07, 6.45) is 2.50. The van der Waals surface area contributed by atoms with Gasteiger partial charge in [-0.2, -0.15) is 0 Å². The van der Waals surface area contributed by atoms with E-state index in [-0.39, 0.29) is 5.54 Å². The first kappa shape index (κ1) is 5.10. The molecule has 0 radical (unpaired) electrons. The Morgan fingerprint density at radius 3 is 2.29 bits per heavy atom. The molecule has 0 bridgehead atoms. The van der Waals surface area contributed by atoms with Crippen molar-refractivity contribution < 1.29 is 0 Å². The fraction of sp³-hybridized carbons (Fsp3) is 1.00. The Kier molecular flexibility index (Phi) is 0.890. The molecule has 2 N–H and O–H groups in total. The first-order valence-electron chi connectivity index (χ1n) is 2.95. The third-order valence-electron chi connectivity index (χ3n) is 1.95. The number of hydrogen-bond donors (Lipinski definition) is 1. The third-order valence-corrected chi connectivity index (χ3v) is 1.95. The van der Waals surface area contributed by atoms with E-state index < -0.39 is 0 Å². The van der Waals surface area contributed by atoms with Crippen molar-refractivity contribution in [1.82, 2.24) is 0 Å². The second-order valence-corrected chi connectivity index (χ2v) is 2.82. The highest BCUT2D eigenvalue weighted by molar-refractivity contribution is 5.02. The molecule has 0 heterocycles. The molecular formula is C6H13N. The van der Waals surface area contributed by atoms with Gasteiger partial charge >= 0.3 is 0 Å². The predicted molar refractivity (Wildman–Crippen MR) is 31.0 cm³/mol. The van der Waals surface area contributed by atoms with E-state index in [1.165, 1.54) is 12.8 Å². The highest BCUT2D eigenvalue weighted by Crippen LogP contribution is 2.42. The lowest BCUT2D eigenvalue weighted by molar-refractivity contribution is 0.633. The molecule has 1 heteroatoms. The Balaban J connectivity index is 2.30. The van der Waals surface area contributed by atoms with Gasteiger partial charge in [0.25, 0.3) is 0 Å². The Morgan fingerprint density at radius 1 is 1.86 bits per heavy atom. The maximum absolute atomic E-state index is 5.72. The van der Waals surface area contributed by atoms with Crippen LogP contribution in [0, 0.1) is 5.92 Å². The van der Waals surface area contributed by atoms with E-state index in [0.717, 1.165) is 5.92 Å². The van der Waals surface area contributed by atoms with Crippen LogP contribution in [0.15, 0.2) is 0 Å². The van der Waals surface area contributed by atoms with Gasteiger partial charge in [-0.1, -0.05) is 13.3 Å². The van der Waals surface area contributed by atoms with Gasteiger partial charge in [-0.3, -0.25) is 0 Å². The van der Waals surface area contributed by atoms with E-state index in [1.807, 2.05) is 0 Å². The molecule has 7 heavy (non-hydrogen) atoms. The number of nitrogens with two attached hydrogens (primary N) is 1. The van der Waals surface area contributed by atoms with Crippen molar-refractivity contribution in [2.75, 3.05) is 0 Å². The molecule has 2 atom stereocenters. The van der Waals surface area contributed by atoms with Crippen molar-refractivity contribution >= 4 is 0 Å². The van der Waals surface area contributed by atoms with Crippen molar-refractivity contribution in [3.63, 3.8) is 0 Å². The molecule has 0 aromatic heterocycles. The van der Waals surface area contributed by atoms with Crippen LogP contribution in [0.1, 0.15) is 26.7 Å². The van der Waals surface area contributed by atoms with Gasteiger partial charge < -0.3 is 5.73 Å². The second kappa shape index (κ2) is 1.22.